The van der Waals surface area contributed by atoms with Gasteiger partial charge in [-0.25, -0.2) is 0 Å². The molecule has 1 heteroatoms. The van der Waals surface area contributed by atoms with E-state index in [0.29, 0.717) is 0 Å². The van der Waals surface area contributed by atoms with E-state index in [1.54, 1.807) is 0 Å². The highest BCUT2D eigenvalue weighted by Gasteiger charge is 2.38. The Morgan fingerprint density at radius 2 is 0.911 bits per heavy atom. The van der Waals surface area contributed by atoms with Crippen molar-refractivity contribution in [1.82, 2.24) is 0 Å². The summed E-state index contributed by atoms with van der Waals surface area (Å²) in [5.41, 5.74) is 18.3. The Hall–Kier alpha value is -6.96. The second-order valence-electron chi connectivity index (χ2n) is 15.3. The van der Waals surface area contributed by atoms with Crippen molar-refractivity contribution in [2.45, 2.75) is 19.3 Å². The highest BCUT2D eigenvalue weighted by molar-refractivity contribution is 6.06. The summed E-state index contributed by atoms with van der Waals surface area (Å²) in [5.74, 6) is 0. The molecule has 0 heterocycles. The van der Waals surface area contributed by atoms with Crippen LogP contribution in [0.15, 0.2) is 212 Å². The predicted molar refractivity (Wildman–Crippen MR) is 238 cm³/mol. The van der Waals surface area contributed by atoms with E-state index in [9.17, 15) is 0 Å². The molecule has 0 unspecified atom stereocenters. The minimum absolute atomic E-state index is 0.215. The third kappa shape index (κ3) is 5.63. The Labute approximate surface area is 329 Å². The number of hydrogen-bond donors (Lipinski definition) is 0. The fourth-order valence-corrected chi connectivity index (χ4v) is 8.94. The van der Waals surface area contributed by atoms with Gasteiger partial charge in [0.1, 0.15) is 0 Å². The van der Waals surface area contributed by atoms with Crippen LogP contribution in [0.2, 0.25) is 0 Å². The quantitative estimate of drug-likeness (QED) is 0.159. The third-order valence-electron chi connectivity index (χ3n) is 11.7. The van der Waals surface area contributed by atoms with E-state index in [-0.39, 0.29) is 5.41 Å². The first-order valence-corrected chi connectivity index (χ1v) is 19.5. The van der Waals surface area contributed by atoms with Crippen LogP contribution in [-0.2, 0) is 5.41 Å². The smallest absolute Gasteiger partial charge is 0.0546 e. The molecule has 0 aliphatic heterocycles. The molecule has 266 valence electrons. The summed E-state index contributed by atoms with van der Waals surface area (Å²) in [7, 11) is 0. The molecule has 10 rings (SSSR count). The van der Waals surface area contributed by atoms with Gasteiger partial charge in [0.25, 0.3) is 0 Å². The largest absolute Gasteiger partial charge is 0.310 e. The highest BCUT2D eigenvalue weighted by atomic mass is 15.1. The van der Waals surface area contributed by atoms with Crippen LogP contribution in [0.3, 0.4) is 0 Å². The lowest BCUT2D eigenvalue weighted by molar-refractivity contribution is 0.660. The monoisotopic (exact) mass is 715 g/mol. The van der Waals surface area contributed by atoms with Gasteiger partial charge in [-0.1, -0.05) is 196 Å². The molecule has 0 atom stereocenters. The molecule has 0 amide bonds. The van der Waals surface area contributed by atoms with Crippen LogP contribution < -0.4 is 4.90 Å². The number of hydrogen-bond acceptors (Lipinski definition) is 1. The maximum Gasteiger partial charge on any atom is 0.0546 e. The van der Waals surface area contributed by atoms with Crippen LogP contribution in [0.25, 0.3) is 66.4 Å². The zero-order valence-electron chi connectivity index (χ0n) is 31.7. The van der Waals surface area contributed by atoms with Crippen molar-refractivity contribution in [1.29, 1.82) is 0 Å². The van der Waals surface area contributed by atoms with Crippen molar-refractivity contribution < 1.29 is 0 Å². The van der Waals surface area contributed by atoms with E-state index >= 15 is 0 Å². The van der Waals surface area contributed by atoms with Crippen LogP contribution in [0.4, 0.5) is 17.1 Å². The molecule has 0 bridgehead atoms. The van der Waals surface area contributed by atoms with Gasteiger partial charge in [0.05, 0.1) is 5.69 Å². The SMILES string of the molecule is CC1(C)c2cc(N(c3ccc(-c4ccccc4)cc3)c3ccc4ccccc4c3-c3ccccc3)ccc2-c2c(-c3ccccc3-c3ccccc3)cccc21. The number of benzene rings is 9. The van der Waals surface area contributed by atoms with Gasteiger partial charge < -0.3 is 4.90 Å². The summed E-state index contributed by atoms with van der Waals surface area (Å²) in [5, 5.41) is 2.46. The summed E-state index contributed by atoms with van der Waals surface area (Å²) in [6.45, 7) is 4.78. The van der Waals surface area contributed by atoms with E-state index in [1.165, 1.54) is 77.5 Å². The van der Waals surface area contributed by atoms with Crippen molar-refractivity contribution in [2.24, 2.45) is 0 Å². The molecule has 0 N–H and O–H groups in total. The summed E-state index contributed by atoms with van der Waals surface area (Å²) in [6, 6.07) is 77.5. The number of rotatable bonds is 7. The summed E-state index contributed by atoms with van der Waals surface area (Å²) in [6.07, 6.45) is 0. The first-order chi connectivity index (χ1) is 27.6. The average Bonchev–Trinajstić information content (AvgIpc) is 3.50. The fraction of sp³-hybridized carbons (Fsp3) is 0.0545. The lowest BCUT2D eigenvalue weighted by atomic mass is 9.81. The van der Waals surface area contributed by atoms with Crippen molar-refractivity contribution in [3.8, 4) is 55.6 Å². The Kier molecular flexibility index (Phi) is 8.23. The van der Waals surface area contributed by atoms with Crippen molar-refractivity contribution in [3.63, 3.8) is 0 Å². The molecular formula is C55H41N. The molecule has 9 aromatic carbocycles. The third-order valence-corrected chi connectivity index (χ3v) is 11.7. The Morgan fingerprint density at radius 3 is 1.64 bits per heavy atom. The minimum Gasteiger partial charge on any atom is -0.310 e. The fourth-order valence-electron chi connectivity index (χ4n) is 8.94. The van der Waals surface area contributed by atoms with E-state index < -0.39 is 0 Å². The minimum atomic E-state index is -0.215. The zero-order valence-corrected chi connectivity index (χ0v) is 31.7. The highest BCUT2D eigenvalue weighted by Crippen LogP contribution is 2.55. The summed E-state index contributed by atoms with van der Waals surface area (Å²) < 4.78 is 0. The van der Waals surface area contributed by atoms with Gasteiger partial charge >= 0.3 is 0 Å². The van der Waals surface area contributed by atoms with E-state index in [0.717, 1.165) is 17.1 Å². The van der Waals surface area contributed by atoms with Gasteiger partial charge in [-0.15, -0.1) is 0 Å². The molecule has 0 saturated carbocycles. The van der Waals surface area contributed by atoms with Crippen LogP contribution in [0, 0.1) is 0 Å². The first-order valence-electron chi connectivity index (χ1n) is 19.5. The van der Waals surface area contributed by atoms with Crippen LogP contribution in [-0.4, -0.2) is 0 Å². The van der Waals surface area contributed by atoms with Gasteiger partial charge in [-0.05, 0) is 102 Å². The summed E-state index contributed by atoms with van der Waals surface area (Å²) >= 11 is 0. The van der Waals surface area contributed by atoms with Crippen LogP contribution in [0.5, 0.6) is 0 Å². The molecule has 0 saturated heterocycles. The molecule has 0 fully saturated rings. The molecule has 1 nitrogen and oxygen atoms in total. The van der Waals surface area contributed by atoms with E-state index in [1.807, 2.05) is 0 Å². The van der Waals surface area contributed by atoms with Gasteiger partial charge in [0.2, 0.25) is 0 Å². The Bertz CT molecular complexity index is 2850. The van der Waals surface area contributed by atoms with E-state index in [2.05, 4.69) is 231 Å². The Balaban J connectivity index is 1.18. The van der Waals surface area contributed by atoms with Gasteiger partial charge in [-0.3, -0.25) is 0 Å². The lowest BCUT2D eigenvalue weighted by Gasteiger charge is -2.30. The lowest BCUT2D eigenvalue weighted by Crippen LogP contribution is -2.17. The molecule has 0 aromatic heterocycles. The second kappa shape index (κ2) is 13.7. The van der Waals surface area contributed by atoms with Crippen molar-refractivity contribution in [2.75, 3.05) is 4.90 Å². The molecule has 0 radical (unpaired) electrons. The summed E-state index contributed by atoms with van der Waals surface area (Å²) in [4.78, 5) is 2.47. The standard InChI is InChI=1S/C55H41N/c1-55(2)50-28-16-27-48(47-26-15-14-24-45(47)40-19-8-4-9-20-40)54(50)49-35-34-44(37-51(49)55)56(43-32-29-39(30-33-43)38-17-6-3-7-18-38)52-36-31-41-21-12-13-25-46(41)53(52)42-22-10-5-11-23-42/h3-37H,1-2H3. The van der Waals surface area contributed by atoms with E-state index in [4.69, 9.17) is 0 Å². The molecular weight excluding hydrogens is 675 g/mol. The maximum atomic E-state index is 2.47. The van der Waals surface area contributed by atoms with Gasteiger partial charge in [0, 0.05) is 22.4 Å². The number of nitrogens with zero attached hydrogens (tertiary/aromatic N) is 1. The van der Waals surface area contributed by atoms with Crippen LogP contribution in [0.1, 0.15) is 25.0 Å². The zero-order chi connectivity index (χ0) is 37.6. The topological polar surface area (TPSA) is 3.24 Å². The second-order valence-corrected chi connectivity index (χ2v) is 15.3. The first kappa shape index (κ1) is 33.6. The molecule has 1 aliphatic rings. The molecule has 1 aliphatic carbocycles. The number of fused-ring (bicyclic) bond motifs is 4. The number of anilines is 3. The van der Waals surface area contributed by atoms with Gasteiger partial charge in [0.15, 0.2) is 0 Å². The van der Waals surface area contributed by atoms with Crippen molar-refractivity contribution in [3.05, 3.63) is 223 Å². The normalized spacial score (nSPS) is 12.6. The van der Waals surface area contributed by atoms with Gasteiger partial charge in [-0.2, -0.15) is 0 Å². The Morgan fingerprint density at radius 1 is 0.339 bits per heavy atom. The average molecular weight is 716 g/mol. The molecule has 56 heavy (non-hydrogen) atoms. The van der Waals surface area contributed by atoms with Crippen molar-refractivity contribution >= 4 is 27.8 Å². The molecule has 9 aromatic rings. The predicted octanol–water partition coefficient (Wildman–Crippen LogP) is 15.3. The maximum absolute atomic E-state index is 2.47. The molecule has 0 spiro atoms. The van der Waals surface area contributed by atoms with Crippen LogP contribution >= 0.6 is 0 Å².